The summed E-state index contributed by atoms with van der Waals surface area (Å²) in [7, 11) is 0. The smallest absolute Gasteiger partial charge is 0.350 e. The molecule has 0 spiro atoms. The van der Waals surface area contributed by atoms with Crippen molar-refractivity contribution < 1.29 is 14.3 Å². The summed E-state index contributed by atoms with van der Waals surface area (Å²) in [6.07, 6.45) is 1.18. The molecule has 0 aliphatic rings. The van der Waals surface area contributed by atoms with E-state index in [1.165, 1.54) is 6.20 Å². The lowest BCUT2D eigenvalue weighted by Crippen LogP contribution is -2.30. The SMILES string of the molecule is CCOC(=O)c1sc2nc(C)cc(C)c2c1NC(=O)Cn1ncc(Cl)c(Cl)c1=O. The zero-order valence-electron chi connectivity index (χ0n) is 15.7. The molecule has 11 heteroatoms. The van der Waals surface area contributed by atoms with E-state index in [4.69, 9.17) is 27.9 Å². The number of rotatable bonds is 5. The number of aromatic nitrogens is 3. The van der Waals surface area contributed by atoms with Crippen molar-refractivity contribution in [3.63, 3.8) is 0 Å². The first-order valence-corrected chi connectivity index (χ1v) is 10.1. The standard InChI is InChI=1S/C18H16Cl2N4O4S/c1-4-28-18(27)15-14(12-8(2)5-9(3)22-16(12)29-15)23-11(25)7-24-17(26)13(20)10(19)6-21-24/h5-6H,4,7H2,1-3H3,(H,23,25). The number of amides is 1. The Balaban J connectivity index is 2.01. The number of carbonyl (C=O) groups is 2. The van der Waals surface area contributed by atoms with Crippen molar-refractivity contribution in [2.45, 2.75) is 27.3 Å². The lowest BCUT2D eigenvalue weighted by Gasteiger charge is -2.09. The Bertz CT molecular complexity index is 1190. The van der Waals surface area contributed by atoms with Crippen LogP contribution in [0.25, 0.3) is 10.2 Å². The second-order valence-electron chi connectivity index (χ2n) is 6.10. The van der Waals surface area contributed by atoms with Gasteiger partial charge in [0.2, 0.25) is 5.91 Å². The maximum atomic E-state index is 12.6. The van der Waals surface area contributed by atoms with Crippen LogP contribution in [0.15, 0.2) is 17.1 Å². The van der Waals surface area contributed by atoms with Crippen molar-refractivity contribution in [1.29, 1.82) is 0 Å². The van der Waals surface area contributed by atoms with E-state index < -0.39 is 24.0 Å². The number of ether oxygens (including phenoxy) is 1. The molecule has 8 nitrogen and oxygen atoms in total. The van der Waals surface area contributed by atoms with Crippen LogP contribution in [0.4, 0.5) is 5.69 Å². The van der Waals surface area contributed by atoms with Crippen molar-refractivity contribution in [2.75, 3.05) is 11.9 Å². The molecule has 3 aromatic rings. The number of hydrogen-bond acceptors (Lipinski definition) is 7. The van der Waals surface area contributed by atoms with Gasteiger partial charge in [-0.15, -0.1) is 11.3 Å². The van der Waals surface area contributed by atoms with Gasteiger partial charge in [0.05, 0.1) is 23.5 Å². The van der Waals surface area contributed by atoms with Gasteiger partial charge in [-0.1, -0.05) is 23.2 Å². The molecule has 29 heavy (non-hydrogen) atoms. The minimum atomic E-state index is -0.691. The summed E-state index contributed by atoms with van der Waals surface area (Å²) in [5.41, 5.74) is 1.24. The van der Waals surface area contributed by atoms with E-state index in [-0.39, 0.29) is 21.5 Å². The Morgan fingerprint density at radius 1 is 1.31 bits per heavy atom. The summed E-state index contributed by atoms with van der Waals surface area (Å²) in [4.78, 5) is 42.4. The van der Waals surface area contributed by atoms with Gasteiger partial charge < -0.3 is 10.1 Å². The second kappa shape index (κ2) is 8.48. The monoisotopic (exact) mass is 454 g/mol. The van der Waals surface area contributed by atoms with Gasteiger partial charge in [-0.05, 0) is 32.4 Å². The van der Waals surface area contributed by atoms with Crippen LogP contribution in [0.3, 0.4) is 0 Å². The number of fused-ring (bicyclic) bond motifs is 1. The van der Waals surface area contributed by atoms with Gasteiger partial charge in [-0.3, -0.25) is 9.59 Å². The summed E-state index contributed by atoms with van der Waals surface area (Å²) >= 11 is 12.7. The van der Waals surface area contributed by atoms with Gasteiger partial charge in [0.25, 0.3) is 5.56 Å². The van der Waals surface area contributed by atoms with Crippen LogP contribution in [0.5, 0.6) is 0 Å². The average Bonchev–Trinajstić information content (AvgIpc) is 3.00. The summed E-state index contributed by atoms with van der Waals surface area (Å²) < 4.78 is 6.00. The number of halogens is 2. The van der Waals surface area contributed by atoms with Crippen molar-refractivity contribution in [3.8, 4) is 0 Å². The zero-order chi connectivity index (χ0) is 21.3. The molecular formula is C18H16Cl2N4O4S. The Morgan fingerprint density at radius 3 is 2.72 bits per heavy atom. The Labute approximate surface area is 179 Å². The quantitative estimate of drug-likeness (QED) is 0.590. The van der Waals surface area contributed by atoms with Gasteiger partial charge in [0, 0.05) is 11.1 Å². The normalized spacial score (nSPS) is 10.9. The molecule has 1 N–H and O–H groups in total. The molecule has 0 aliphatic carbocycles. The molecule has 0 saturated heterocycles. The molecule has 0 bridgehead atoms. The topological polar surface area (TPSA) is 103 Å². The Hall–Kier alpha value is -2.49. The molecule has 0 aromatic carbocycles. The van der Waals surface area contributed by atoms with Gasteiger partial charge >= 0.3 is 5.97 Å². The zero-order valence-corrected chi connectivity index (χ0v) is 18.0. The van der Waals surface area contributed by atoms with Crippen molar-refractivity contribution >= 4 is 62.3 Å². The van der Waals surface area contributed by atoms with Gasteiger partial charge in [0.15, 0.2) is 0 Å². The fourth-order valence-corrected chi connectivity index (χ4v) is 4.19. The molecule has 0 saturated carbocycles. The predicted molar refractivity (Wildman–Crippen MR) is 112 cm³/mol. The van der Waals surface area contributed by atoms with Crippen molar-refractivity contribution in [2.24, 2.45) is 0 Å². The van der Waals surface area contributed by atoms with Crippen LogP contribution >= 0.6 is 34.5 Å². The van der Waals surface area contributed by atoms with Crippen LogP contribution in [0.1, 0.15) is 27.9 Å². The van der Waals surface area contributed by atoms with Crippen LogP contribution in [0.2, 0.25) is 10.0 Å². The van der Waals surface area contributed by atoms with E-state index in [9.17, 15) is 14.4 Å². The van der Waals surface area contributed by atoms with Gasteiger partial charge in [0.1, 0.15) is 21.3 Å². The number of hydrogen-bond donors (Lipinski definition) is 1. The highest BCUT2D eigenvalue weighted by molar-refractivity contribution is 7.21. The minimum Gasteiger partial charge on any atom is -0.462 e. The first kappa shape index (κ1) is 21.2. The van der Waals surface area contributed by atoms with E-state index in [1.807, 2.05) is 19.9 Å². The summed E-state index contributed by atoms with van der Waals surface area (Å²) in [6.45, 7) is 5.18. The van der Waals surface area contributed by atoms with Gasteiger partial charge in [-0.25, -0.2) is 14.5 Å². The molecule has 3 heterocycles. The number of anilines is 1. The molecule has 3 aromatic heterocycles. The first-order chi connectivity index (χ1) is 13.7. The van der Waals surface area contributed by atoms with E-state index >= 15 is 0 Å². The summed E-state index contributed by atoms with van der Waals surface area (Å²) in [6, 6.07) is 1.85. The molecule has 3 rings (SSSR count). The highest BCUT2D eigenvalue weighted by Crippen LogP contribution is 2.37. The molecule has 0 atom stereocenters. The number of carbonyl (C=O) groups excluding carboxylic acids is 2. The minimum absolute atomic E-state index is 0.00109. The molecule has 0 fully saturated rings. The Kier molecular flexibility index (Phi) is 6.21. The third-order valence-electron chi connectivity index (χ3n) is 3.95. The number of thiophene rings is 1. The fraction of sp³-hybridized carbons (Fsp3) is 0.278. The molecule has 0 aliphatic heterocycles. The molecule has 152 valence electrons. The maximum absolute atomic E-state index is 12.6. The number of esters is 1. The molecule has 0 unspecified atom stereocenters. The lowest BCUT2D eigenvalue weighted by atomic mass is 10.1. The first-order valence-electron chi connectivity index (χ1n) is 8.51. The highest BCUT2D eigenvalue weighted by atomic mass is 35.5. The van der Waals surface area contributed by atoms with Crippen molar-refractivity contribution in [1.82, 2.24) is 14.8 Å². The predicted octanol–water partition coefficient (Wildman–Crippen LogP) is 3.59. The van der Waals surface area contributed by atoms with Crippen LogP contribution in [0, 0.1) is 13.8 Å². The lowest BCUT2D eigenvalue weighted by molar-refractivity contribution is -0.117. The van der Waals surface area contributed by atoms with Crippen LogP contribution in [-0.4, -0.2) is 33.2 Å². The van der Waals surface area contributed by atoms with E-state index in [2.05, 4.69) is 15.4 Å². The van der Waals surface area contributed by atoms with Crippen LogP contribution in [-0.2, 0) is 16.1 Å². The Morgan fingerprint density at radius 2 is 2.03 bits per heavy atom. The third kappa shape index (κ3) is 4.26. The van der Waals surface area contributed by atoms with E-state index in [1.54, 1.807) is 6.92 Å². The number of pyridine rings is 1. The van der Waals surface area contributed by atoms with E-state index in [0.717, 1.165) is 27.3 Å². The van der Waals surface area contributed by atoms with E-state index in [0.29, 0.717) is 15.9 Å². The molecule has 0 radical (unpaired) electrons. The van der Waals surface area contributed by atoms with Crippen LogP contribution < -0.4 is 10.9 Å². The summed E-state index contributed by atoms with van der Waals surface area (Å²) in [5.74, 6) is -1.13. The maximum Gasteiger partial charge on any atom is 0.350 e. The largest absolute Gasteiger partial charge is 0.462 e. The number of aryl methyl sites for hydroxylation is 2. The van der Waals surface area contributed by atoms with Crippen molar-refractivity contribution in [3.05, 3.63) is 48.8 Å². The molecular weight excluding hydrogens is 439 g/mol. The average molecular weight is 455 g/mol. The summed E-state index contributed by atoms with van der Waals surface area (Å²) in [5, 5.41) is 6.93. The second-order valence-corrected chi connectivity index (χ2v) is 7.89. The molecule has 1 amide bonds. The highest BCUT2D eigenvalue weighted by Gasteiger charge is 2.24. The number of nitrogens with zero attached hydrogens (tertiary/aromatic N) is 3. The third-order valence-corrected chi connectivity index (χ3v) is 5.76. The number of nitrogens with one attached hydrogen (secondary N) is 1. The fourth-order valence-electron chi connectivity index (χ4n) is 2.77. The van der Waals surface area contributed by atoms with Gasteiger partial charge in [-0.2, -0.15) is 5.10 Å².